The molecule has 2 bridgehead atoms. The molecule has 15 nitrogen and oxygen atoms in total. The third kappa shape index (κ3) is 8.54. The molecule has 1 aliphatic heterocycles. The van der Waals surface area contributed by atoms with Crippen LogP contribution in [0.1, 0.15) is 104 Å². The molecule has 2 saturated carbocycles. The smallest absolute Gasteiger partial charge is 0.408 e. The summed E-state index contributed by atoms with van der Waals surface area (Å²) in [5.74, 6) is -4.16. The summed E-state index contributed by atoms with van der Waals surface area (Å²) in [4.78, 5) is 71.5. The molecule has 1 saturated heterocycles. The van der Waals surface area contributed by atoms with Crippen molar-refractivity contribution in [1.29, 1.82) is 0 Å². The number of ether oxygens (including phenoxy) is 8. The van der Waals surface area contributed by atoms with Gasteiger partial charge < -0.3 is 48.3 Å². The minimum atomic E-state index is -2.19. The highest BCUT2D eigenvalue weighted by molar-refractivity contribution is 5.94. The van der Waals surface area contributed by atoms with E-state index in [1.54, 1.807) is 123 Å². The molecule has 3 fully saturated rings. The SMILES string of the molecule is CO[C@H]1C(=O)[C@]2(C)[C@@H](OC)C[C@H]3OC[C@@]3(OC(C)=O)[C@H]2[C@H](OC(=O)c2ccccc2)[C@]2(O)C[C@H](OC(=O)[C@H](OC(C)C)[C@@H](NC(=O)OC(C)(C)C)c3ccccc3)C(C)=C1C2(C)C. The molecule has 0 unspecified atom stereocenters. The largest absolute Gasteiger partial charge is 0.456 e. The Hall–Kier alpha value is -4.67. The van der Waals surface area contributed by atoms with Gasteiger partial charge in [-0.05, 0) is 77.3 Å². The van der Waals surface area contributed by atoms with Gasteiger partial charge in [-0.15, -0.1) is 0 Å². The molecule has 0 aromatic heterocycles. The quantitative estimate of drug-likeness (QED) is 0.143. The van der Waals surface area contributed by atoms with Gasteiger partial charge in [0.25, 0.3) is 0 Å². The highest BCUT2D eigenvalue weighted by atomic mass is 16.6. The van der Waals surface area contributed by atoms with Gasteiger partial charge in [0, 0.05) is 39.4 Å². The highest BCUT2D eigenvalue weighted by Gasteiger charge is 2.78. The van der Waals surface area contributed by atoms with Gasteiger partial charge in [-0.1, -0.05) is 62.4 Å². The van der Waals surface area contributed by atoms with Crippen LogP contribution in [-0.2, 0) is 52.3 Å². The number of ketones is 1. The predicted octanol–water partition coefficient (Wildman–Crippen LogP) is 6.00. The maximum absolute atomic E-state index is 15.7. The van der Waals surface area contributed by atoms with Crippen LogP contribution in [0.4, 0.5) is 4.79 Å². The van der Waals surface area contributed by atoms with E-state index < -0.39 is 112 Å². The first-order valence-corrected chi connectivity index (χ1v) is 21.5. The summed E-state index contributed by atoms with van der Waals surface area (Å²) in [6.07, 6.45) is -9.00. The Labute approximate surface area is 369 Å². The zero-order valence-electron chi connectivity index (χ0n) is 38.3. The molecule has 11 atom stereocenters. The minimum Gasteiger partial charge on any atom is -0.456 e. The lowest BCUT2D eigenvalue weighted by Gasteiger charge is -2.67. The summed E-state index contributed by atoms with van der Waals surface area (Å²) in [6, 6.07) is 15.8. The van der Waals surface area contributed by atoms with E-state index >= 15 is 4.79 Å². The van der Waals surface area contributed by atoms with Crippen LogP contribution in [0.2, 0.25) is 0 Å². The lowest BCUT2D eigenvalue weighted by atomic mass is 9.44. The van der Waals surface area contributed by atoms with Crippen molar-refractivity contribution in [1.82, 2.24) is 5.32 Å². The third-order valence-electron chi connectivity index (χ3n) is 13.4. The second-order valence-corrected chi connectivity index (χ2v) is 19.2. The van der Waals surface area contributed by atoms with E-state index in [0.29, 0.717) is 16.7 Å². The zero-order chi connectivity index (χ0) is 46.4. The van der Waals surface area contributed by atoms with Crippen LogP contribution in [0, 0.1) is 16.7 Å². The molecule has 2 N–H and O–H groups in total. The second kappa shape index (κ2) is 17.7. The van der Waals surface area contributed by atoms with E-state index in [2.05, 4.69) is 5.32 Å². The Morgan fingerprint density at radius 1 is 0.921 bits per heavy atom. The summed E-state index contributed by atoms with van der Waals surface area (Å²) in [5.41, 5.74) is -6.32. The van der Waals surface area contributed by atoms with E-state index in [0.717, 1.165) is 0 Å². The van der Waals surface area contributed by atoms with Crippen molar-refractivity contribution in [3.8, 4) is 0 Å². The van der Waals surface area contributed by atoms with Gasteiger partial charge in [0.2, 0.25) is 0 Å². The first-order valence-electron chi connectivity index (χ1n) is 21.5. The molecule has 2 aromatic rings. The summed E-state index contributed by atoms with van der Waals surface area (Å²) in [6.45, 7) is 16.5. The highest BCUT2D eigenvalue weighted by Crippen LogP contribution is 2.64. The van der Waals surface area contributed by atoms with Crippen LogP contribution < -0.4 is 5.32 Å². The number of hydrogen-bond donors (Lipinski definition) is 2. The van der Waals surface area contributed by atoms with Crippen LogP contribution in [0.3, 0.4) is 0 Å². The number of carbonyl (C=O) groups is 5. The fourth-order valence-electron chi connectivity index (χ4n) is 10.5. The lowest BCUT2D eigenvalue weighted by Crippen LogP contribution is -2.82. The Bertz CT molecular complexity index is 2080. The van der Waals surface area contributed by atoms with Gasteiger partial charge in [-0.3, -0.25) is 9.59 Å². The van der Waals surface area contributed by atoms with E-state index in [1.165, 1.54) is 21.1 Å². The molecule has 1 amide bonds. The number of nitrogens with one attached hydrogen (secondary N) is 1. The van der Waals surface area contributed by atoms with Crippen molar-refractivity contribution >= 4 is 29.8 Å². The fourth-order valence-corrected chi connectivity index (χ4v) is 10.5. The molecular weight excluding hydrogens is 815 g/mol. The Morgan fingerprint density at radius 2 is 1.54 bits per heavy atom. The van der Waals surface area contributed by atoms with Crippen molar-refractivity contribution in [3.05, 3.63) is 82.9 Å². The molecular formula is C48H63NO14. The van der Waals surface area contributed by atoms with Crippen molar-refractivity contribution in [2.24, 2.45) is 16.7 Å². The van der Waals surface area contributed by atoms with E-state index in [9.17, 15) is 24.3 Å². The number of alkyl carbamates (subject to hydrolysis) is 1. The molecule has 1 heterocycles. The number of carbonyl (C=O) groups excluding carboxylic acids is 5. The predicted molar refractivity (Wildman–Crippen MR) is 227 cm³/mol. The monoisotopic (exact) mass is 877 g/mol. The topological polar surface area (TPSA) is 191 Å². The maximum atomic E-state index is 15.7. The molecule has 0 spiro atoms. The normalized spacial score (nSPS) is 32.1. The van der Waals surface area contributed by atoms with E-state index in [-0.39, 0.29) is 25.0 Å². The molecule has 0 radical (unpaired) electrons. The average molecular weight is 878 g/mol. The number of methoxy groups -OCH3 is 2. The molecule has 6 rings (SSSR count). The maximum Gasteiger partial charge on any atom is 0.408 e. The van der Waals surface area contributed by atoms with Crippen LogP contribution in [0.5, 0.6) is 0 Å². The van der Waals surface area contributed by atoms with Crippen molar-refractivity contribution in [2.75, 3.05) is 20.8 Å². The first kappa shape index (κ1) is 47.8. The summed E-state index contributed by atoms with van der Waals surface area (Å²) in [5, 5.41) is 16.7. The zero-order valence-corrected chi connectivity index (χ0v) is 38.3. The molecule has 63 heavy (non-hydrogen) atoms. The Morgan fingerprint density at radius 3 is 2.06 bits per heavy atom. The van der Waals surface area contributed by atoms with Gasteiger partial charge in [0.05, 0.1) is 41.8 Å². The molecule has 2 aromatic carbocycles. The summed E-state index contributed by atoms with van der Waals surface area (Å²) < 4.78 is 49.4. The number of aliphatic hydroxyl groups is 1. The third-order valence-corrected chi connectivity index (χ3v) is 13.4. The number of hydrogen-bond acceptors (Lipinski definition) is 14. The number of rotatable bonds is 12. The van der Waals surface area contributed by atoms with Crippen molar-refractivity contribution in [3.63, 3.8) is 0 Å². The Kier molecular flexibility index (Phi) is 13.4. The van der Waals surface area contributed by atoms with Gasteiger partial charge in [0.1, 0.15) is 35.6 Å². The average Bonchev–Trinajstić information content (AvgIpc) is 3.20. The number of fused-ring (bicyclic) bond motifs is 5. The van der Waals surface area contributed by atoms with Gasteiger partial charge in [-0.2, -0.15) is 0 Å². The molecule has 4 aliphatic rings. The lowest BCUT2D eigenvalue weighted by molar-refractivity contribution is -0.347. The minimum absolute atomic E-state index is 0.134. The summed E-state index contributed by atoms with van der Waals surface area (Å²) in [7, 11) is 2.83. The van der Waals surface area contributed by atoms with E-state index in [1.807, 2.05) is 0 Å². The van der Waals surface area contributed by atoms with Crippen LogP contribution >= 0.6 is 0 Å². The molecule has 15 heteroatoms. The number of benzene rings is 2. The number of esters is 3. The summed E-state index contributed by atoms with van der Waals surface area (Å²) >= 11 is 0. The number of Topliss-reactive ketones (excluding diaryl/α,β-unsaturated/α-hetero) is 1. The fraction of sp³-hybridized carbons (Fsp3) is 0.604. The van der Waals surface area contributed by atoms with E-state index in [4.69, 9.17) is 37.9 Å². The van der Waals surface area contributed by atoms with Crippen LogP contribution in [-0.4, -0.2) is 115 Å². The van der Waals surface area contributed by atoms with Crippen molar-refractivity contribution < 1.29 is 67.0 Å². The van der Waals surface area contributed by atoms with Crippen molar-refractivity contribution in [2.45, 2.75) is 148 Å². The molecule has 3 aliphatic carbocycles. The van der Waals surface area contributed by atoms with Gasteiger partial charge >= 0.3 is 24.0 Å². The first-order chi connectivity index (χ1) is 29.5. The van der Waals surface area contributed by atoms with Crippen LogP contribution in [0.25, 0.3) is 0 Å². The standard InChI is InChI=1S/C48H63NO14/c1-26(2)59-37(35(29-19-15-13-16-20-29)49-43(54)63-44(5,6)7)42(53)60-31-24-48(55)40(61-41(52)30-21-17-14-18-22-30)38-46(10,39(51)36(57-12)34(27(31)3)45(48,8)9)32(56-11)23-33-47(38,25-58-33)62-28(4)50/h13-22,26,31-33,35-38,40,55H,23-25H2,1-12H3,(H,49,54)/t31-,32-,33+,35-,36+,37+,38-,40-,46+,47-,48+/m0/s1. The number of amides is 1. The van der Waals surface area contributed by atoms with Gasteiger partial charge in [0.15, 0.2) is 17.5 Å². The van der Waals surface area contributed by atoms with Gasteiger partial charge in [-0.25, -0.2) is 14.4 Å². The Balaban J connectivity index is 1.55. The van der Waals surface area contributed by atoms with Crippen LogP contribution in [0.15, 0.2) is 71.8 Å². The molecule has 344 valence electrons. The second-order valence-electron chi connectivity index (χ2n) is 19.2.